The van der Waals surface area contributed by atoms with Gasteiger partial charge < -0.3 is 20.3 Å². The fourth-order valence-electron chi connectivity index (χ4n) is 2.87. The van der Waals surface area contributed by atoms with E-state index in [2.05, 4.69) is 37.5 Å². The van der Waals surface area contributed by atoms with Gasteiger partial charge in [0.1, 0.15) is 5.75 Å². The summed E-state index contributed by atoms with van der Waals surface area (Å²) >= 11 is 0. The van der Waals surface area contributed by atoms with Crippen LogP contribution >= 0.6 is 0 Å². The molecule has 2 rings (SSSR count). The first-order valence-corrected chi connectivity index (χ1v) is 10.1. The highest BCUT2D eigenvalue weighted by Crippen LogP contribution is 2.26. The number of nitrogens with zero attached hydrogens (tertiary/aromatic N) is 1. The Balaban J connectivity index is 1.91. The molecule has 0 saturated carbocycles. The molecular weight excluding hydrogens is 378 g/mol. The van der Waals surface area contributed by atoms with Gasteiger partial charge in [0.05, 0.1) is 6.54 Å². The van der Waals surface area contributed by atoms with Gasteiger partial charge in [0.2, 0.25) is 5.91 Å². The van der Waals surface area contributed by atoms with Crippen molar-refractivity contribution in [1.29, 1.82) is 0 Å². The van der Waals surface area contributed by atoms with Crippen LogP contribution < -0.4 is 15.4 Å². The quantitative estimate of drug-likeness (QED) is 0.697. The number of carbonyl (C=O) groups excluding carboxylic acids is 2. The van der Waals surface area contributed by atoms with Crippen molar-refractivity contribution in [3.05, 3.63) is 59.7 Å². The zero-order chi connectivity index (χ0) is 22.3. The first-order chi connectivity index (χ1) is 14.0. The molecule has 0 aliphatic carbocycles. The third-order valence-corrected chi connectivity index (χ3v) is 4.52. The van der Waals surface area contributed by atoms with E-state index < -0.39 is 6.10 Å². The van der Waals surface area contributed by atoms with E-state index in [4.69, 9.17) is 4.74 Å². The van der Waals surface area contributed by atoms with Crippen LogP contribution in [0.25, 0.3) is 0 Å². The molecule has 6 heteroatoms. The van der Waals surface area contributed by atoms with Crippen LogP contribution in [0, 0.1) is 0 Å². The van der Waals surface area contributed by atoms with Crippen molar-refractivity contribution in [2.45, 2.75) is 45.8 Å². The number of carbonyl (C=O) groups is 2. The average Bonchev–Trinajstić information content (AvgIpc) is 2.65. The van der Waals surface area contributed by atoms with Crippen LogP contribution in [0.2, 0.25) is 0 Å². The number of amides is 2. The number of rotatable bonds is 8. The molecule has 0 radical (unpaired) electrons. The molecule has 0 aliphatic rings. The van der Waals surface area contributed by atoms with Crippen molar-refractivity contribution in [2.24, 2.45) is 0 Å². The van der Waals surface area contributed by atoms with Crippen molar-refractivity contribution >= 4 is 17.5 Å². The Morgan fingerprint density at radius 2 is 1.77 bits per heavy atom. The lowest BCUT2D eigenvalue weighted by molar-refractivity contribution is -0.127. The summed E-state index contributed by atoms with van der Waals surface area (Å²) in [7, 11) is 3.68. The fraction of sp³-hybridized carbons (Fsp3) is 0.417. The van der Waals surface area contributed by atoms with E-state index in [0.29, 0.717) is 24.5 Å². The molecule has 2 aromatic rings. The molecule has 0 fully saturated rings. The lowest BCUT2D eigenvalue weighted by Crippen LogP contribution is -2.36. The van der Waals surface area contributed by atoms with Gasteiger partial charge in [0.15, 0.2) is 6.10 Å². The third-order valence-electron chi connectivity index (χ3n) is 4.52. The molecule has 1 unspecified atom stereocenters. The summed E-state index contributed by atoms with van der Waals surface area (Å²) in [6.07, 6.45) is -0.622. The summed E-state index contributed by atoms with van der Waals surface area (Å²) in [5.41, 5.74) is 2.77. The van der Waals surface area contributed by atoms with Gasteiger partial charge in [0.25, 0.3) is 5.91 Å². The van der Waals surface area contributed by atoms with Crippen molar-refractivity contribution < 1.29 is 14.3 Å². The fourth-order valence-corrected chi connectivity index (χ4v) is 2.87. The van der Waals surface area contributed by atoms with Crippen molar-refractivity contribution in [2.75, 3.05) is 26.0 Å². The van der Waals surface area contributed by atoms with E-state index >= 15 is 0 Å². The minimum atomic E-state index is -0.622. The Kier molecular flexibility index (Phi) is 8.00. The standard InChI is InChI=1S/C24H33N3O3/c1-17(30-21-12-8-10-19(14-21)24(2,3)4)23(29)25-15-18-9-7-11-20(13-18)26-22(28)16-27(5)6/h7-14,17H,15-16H2,1-6H3,(H,25,29)(H,26,28). The molecule has 6 nitrogen and oxygen atoms in total. The summed E-state index contributed by atoms with van der Waals surface area (Å²) in [6.45, 7) is 8.81. The van der Waals surface area contributed by atoms with Crippen LogP contribution in [-0.2, 0) is 21.5 Å². The molecule has 0 spiro atoms. The number of likely N-dealkylation sites (N-methyl/N-ethyl adjacent to an activating group) is 1. The smallest absolute Gasteiger partial charge is 0.261 e. The van der Waals surface area contributed by atoms with Crippen LogP contribution in [0.1, 0.15) is 38.8 Å². The van der Waals surface area contributed by atoms with E-state index in [0.717, 1.165) is 11.1 Å². The minimum absolute atomic E-state index is 0.0118. The highest BCUT2D eigenvalue weighted by Gasteiger charge is 2.17. The summed E-state index contributed by atoms with van der Waals surface area (Å²) in [5, 5.41) is 5.75. The molecule has 2 N–H and O–H groups in total. The average molecular weight is 412 g/mol. The molecule has 0 heterocycles. The van der Waals surface area contributed by atoms with Gasteiger partial charge in [-0.2, -0.15) is 0 Å². The van der Waals surface area contributed by atoms with Crippen molar-refractivity contribution in [3.63, 3.8) is 0 Å². The highest BCUT2D eigenvalue weighted by molar-refractivity contribution is 5.92. The number of hydrogen-bond donors (Lipinski definition) is 2. The van der Waals surface area contributed by atoms with Gasteiger partial charge in [-0.05, 0) is 61.8 Å². The second-order valence-corrected chi connectivity index (χ2v) is 8.74. The number of ether oxygens (including phenoxy) is 1. The second kappa shape index (κ2) is 10.3. The summed E-state index contributed by atoms with van der Waals surface area (Å²) in [6, 6.07) is 15.3. The lowest BCUT2D eigenvalue weighted by atomic mass is 9.87. The molecule has 30 heavy (non-hydrogen) atoms. The summed E-state index contributed by atoms with van der Waals surface area (Å²) in [4.78, 5) is 26.2. The van der Waals surface area contributed by atoms with Gasteiger partial charge >= 0.3 is 0 Å². The minimum Gasteiger partial charge on any atom is -0.481 e. The molecule has 0 bridgehead atoms. The van der Waals surface area contributed by atoms with Crippen LogP contribution in [0.3, 0.4) is 0 Å². The molecule has 0 saturated heterocycles. The molecule has 2 aromatic carbocycles. The topological polar surface area (TPSA) is 70.7 Å². The van der Waals surface area contributed by atoms with E-state index in [9.17, 15) is 9.59 Å². The van der Waals surface area contributed by atoms with Gasteiger partial charge in [-0.3, -0.25) is 9.59 Å². The molecular formula is C24H33N3O3. The third kappa shape index (κ3) is 7.52. The number of anilines is 1. The van der Waals surface area contributed by atoms with Gasteiger partial charge in [-0.1, -0.05) is 45.0 Å². The van der Waals surface area contributed by atoms with E-state index in [1.807, 2.05) is 56.6 Å². The Bertz CT molecular complexity index is 872. The second-order valence-electron chi connectivity index (χ2n) is 8.74. The van der Waals surface area contributed by atoms with Crippen LogP contribution in [-0.4, -0.2) is 43.5 Å². The van der Waals surface area contributed by atoms with Crippen LogP contribution in [0.4, 0.5) is 5.69 Å². The maximum Gasteiger partial charge on any atom is 0.261 e. The van der Waals surface area contributed by atoms with Gasteiger partial charge in [-0.15, -0.1) is 0 Å². The summed E-state index contributed by atoms with van der Waals surface area (Å²) in [5.74, 6) is 0.398. The van der Waals surface area contributed by atoms with Gasteiger partial charge in [-0.25, -0.2) is 0 Å². The molecule has 0 aromatic heterocycles. The predicted octanol–water partition coefficient (Wildman–Crippen LogP) is 3.57. The molecule has 2 amide bonds. The normalized spacial score (nSPS) is 12.4. The zero-order valence-corrected chi connectivity index (χ0v) is 18.8. The highest BCUT2D eigenvalue weighted by atomic mass is 16.5. The van der Waals surface area contributed by atoms with Crippen LogP contribution in [0.5, 0.6) is 5.75 Å². The number of hydrogen-bond acceptors (Lipinski definition) is 4. The maximum atomic E-state index is 12.5. The first kappa shape index (κ1) is 23.4. The molecule has 0 aliphatic heterocycles. The van der Waals surface area contributed by atoms with E-state index in [-0.39, 0.29) is 17.2 Å². The summed E-state index contributed by atoms with van der Waals surface area (Å²) < 4.78 is 5.84. The number of benzene rings is 2. The van der Waals surface area contributed by atoms with Crippen molar-refractivity contribution in [3.8, 4) is 5.75 Å². The van der Waals surface area contributed by atoms with Crippen molar-refractivity contribution in [1.82, 2.24) is 10.2 Å². The Hall–Kier alpha value is -2.86. The number of nitrogens with one attached hydrogen (secondary N) is 2. The Morgan fingerprint density at radius 1 is 1.07 bits per heavy atom. The maximum absolute atomic E-state index is 12.5. The predicted molar refractivity (Wildman–Crippen MR) is 121 cm³/mol. The first-order valence-electron chi connectivity index (χ1n) is 10.1. The molecule has 1 atom stereocenters. The largest absolute Gasteiger partial charge is 0.481 e. The van der Waals surface area contributed by atoms with Crippen LogP contribution in [0.15, 0.2) is 48.5 Å². The Morgan fingerprint density at radius 3 is 2.43 bits per heavy atom. The Labute approximate surface area is 179 Å². The van der Waals surface area contributed by atoms with E-state index in [1.165, 1.54) is 0 Å². The lowest BCUT2D eigenvalue weighted by Gasteiger charge is -2.21. The zero-order valence-electron chi connectivity index (χ0n) is 18.8. The monoisotopic (exact) mass is 411 g/mol. The van der Waals surface area contributed by atoms with Gasteiger partial charge in [0, 0.05) is 12.2 Å². The molecule has 162 valence electrons. The van der Waals surface area contributed by atoms with E-state index in [1.54, 1.807) is 11.8 Å². The SMILES string of the molecule is CC(Oc1cccc(C(C)(C)C)c1)C(=O)NCc1cccc(NC(=O)CN(C)C)c1.